The van der Waals surface area contributed by atoms with Crippen molar-refractivity contribution in [3.8, 4) is 0 Å². The molecule has 18 heavy (non-hydrogen) atoms. The van der Waals surface area contributed by atoms with Crippen LogP contribution in [-0.2, 0) is 16.6 Å². The first-order valence-electron chi connectivity index (χ1n) is 6.05. The molecule has 0 bridgehead atoms. The first-order valence-corrected chi connectivity index (χ1v) is 7.53. The lowest BCUT2D eigenvalue weighted by Crippen LogP contribution is -2.31. The van der Waals surface area contributed by atoms with Crippen molar-refractivity contribution < 1.29 is 8.42 Å². The Kier molecular flexibility index (Phi) is 4.90. The lowest BCUT2D eigenvalue weighted by Gasteiger charge is -2.15. The lowest BCUT2D eigenvalue weighted by atomic mass is 10.1. The van der Waals surface area contributed by atoms with Crippen LogP contribution in [0.15, 0.2) is 17.0 Å². The monoisotopic (exact) mass is 270 g/mol. The van der Waals surface area contributed by atoms with Gasteiger partial charge in [-0.2, -0.15) is 0 Å². The second-order valence-corrected chi connectivity index (χ2v) is 6.52. The van der Waals surface area contributed by atoms with Crippen LogP contribution >= 0.6 is 0 Å². The summed E-state index contributed by atoms with van der Waals surface area (Å²) in [6.07, 6.45) is 0. The lowest BCUT2D eigenvalue weighted by molar-refractivity contribution is 0.569. The molecule has 2 N–H and O–H groups in total. The Morgan fingerprint density at radius 1 is 1.22 bits per heavy atom. The molecule has 0 radical (unpaired) electrons. The topological polar surface area (TPSA) is 58.2 Å². The molecular weight excluding hydrogens is 248 g/mol. The molecule has 1 aromatic carbocycles. The van der Waals surface area contributed by atoms with Crippen LogP contribution < -0.4 is 10.0 Å². The summed E-state index contributed by atoms with van der Waals surface area (Å²) in [7, 11) is -1.59. The summed E-state index contributed by atoms with van der Waals surface area (Å²) < 4.78 is 27.1. The van der Waals surface area contributed by atoms with E-state index in [1.165, 1.54) is 0 Å². The van der Waals surface area contributed by atoms with Gasteiger partial charge in [0.25, 0.3) is 0 Å². The van der Waals surface area contributed by atoms with Gasteiger partial charge in [0, 0.05) is 12.6 Å². The van der Waals surface area contributed by atoms with Gasteiger partial charge in [-0.05, 0) is 57.5 Å². The number of nitrogens with one attached hydrogen (secondary N) is 2. The van der Waals surface area contributed by atoms with Gasteiger partial charge in [-0.25, -0.2) is 13.1 Å². The van der Waals surface area contributed by atoms with E-state index in [0.29, 0.717) is 11.4 Å². The highest BCUT2D eigenvalue weighted by atomic mass is 32.2. The van der Waals surface area contributed by atoms with E-state index < -0.39 is 10.0 Å². The number of hydrogen-bond acceptors (Lipinski definition) is 3. The molecule has 0 amide bonds. The van der Waals surface area contributed by atoms with E-state index in [1.807, 2.05) is 40.8 Å². The van der Waals surface area contributed by atoms with Crippen molar-refractivity contribution in [3.05, 3.63) is 28.8 Å². The third-order valence-corrected chi connectivity index (χ3v) is 4.53. The summed E-state index contributed by atoms with van der Waals surface area (Å²) >= 11 is 0. The van der Waals surface area contributed by atoms with E-state index >= 15 is 0 Å². The third-order valence-electron chi connectivity index (χ3n) is 2.74. The number of hydrogen-bond donors (Lipinski definition) is 2. The largest absolute Gasteiger partial charge is 0.316 e. The number of aryl methyl sites for hydroxylation is 1. The molecular formula is C13H22N2O2S. The van der Waals surface area contributed by atoms with Gasteiger partial charge in [0.15, 0.2) is 0 Å². The molecule has 0 saturated heterocycles. The van der Waals surface area contributed by atoms with Crippen LogP contribution in [0.3, 0.4) is 0 Å². The SMILES string of the molecule is CNCc1cc(C)c(C)c(S(=O)(=O)NC(C)C)c1. The summed E-state index contributed by atoms with van der Waals surface area (Å²) in [6.45, 7) is 8.07. The maximum atomic E-state index is 12.2. The Morgan fingerprint density at radius 2 is 1.83 bits per heavy atom. The number of sulfonamides is 1. The summed E-state index contributed by atoms with van der Waals surface area (Å²) in [5.74, 6) is 0. The molecule has 0 atom stereocenters. The van der Waals surface area contributed by atoms with Crippen molar-refractivity contribution in [1.82, 2.24) is 10.0 Å². The van der Waals surface area contributed by atoms with Crippen LogP contribution in [0.2, 0.25) is 0 Å². The average Bonchev–Trinajstić information content (AvgIpc) is 2.21. The second kappa shape index (κ2) is 5.82. The van der Waals surface area contributed by atoms with Crippen LogP contribution in [0.4, 0.5) is 0 Å². The molecule has 102 valence electrons. The molecule has 4 nitrogen and oxygen atoms in total. The molecule has 1 aromatic rings. The Balaban J connectivity index is 3.30. The van der Waals surface area contributed by atoms with E-state index in [9.17, 15) is 8.42 Å². The van der Waals surface area contributed by atoms with Gasteiger partial charge in [-0.15, -0.1) is 0 Å². The summed E-state index contributed by atoms with van der Waals surface area (Å²) in [5.41, 5.74) is 2.78. The maximum Gasteiger partial charge on any atom is 0.241 e. The predicted molar refractivity (Wildman–Crippen MR) is 74.1 cm³/mol. The Bertz CT molecular complexity index is 522. The van der Waals surface area contributed by atoms with Crippen LogP contribution in [0.1, 0.15) is 30.5 Å². The van der Waals surface area contributed by atoms with E-state index in [1.54, 1.807) is 6.07 Å². The molecule has 0 heterocycles. The highest BCUT2D eigenvalue weighted by molar-refractivity contribution is 7.89. The summed E-state index contributed by atoms with van der Waals surface area (Å²) in [4.78, 5) is 0.376. The zero-order chi connectivity index (χ0) is 13.9. The zero-order valence-electron chi connectivity index (χ0n) is 11.7. The average molecular weight is 270 g/mol. The van der Waals surface area contributed by atoms with Gasteiger partial charge in [-0.1, -0.05) is 6.07 Å². The molecule has 1 rings (SSSR count). The van der Waals surface area contributed by atoms with E-state index in [4.69, 9.17) is 0 Å². The molecule has 0 fully saturated rings. The van der Waals surface area contributed by atoms with E-state index in [-0.39, 0.29) is 6.04 Å². The van der Waals surface area contributed by atoms with Crippen molar-refractivity contribution in [2.24, 2.45) is 0 Å². The minimum Gasteiger partial charge on any atom is -0.316 e. The zero-order valence-corrected chi connectivity index (χ0v) is 12.5. The van der Waals surface area contributed by atoms with Crippen LogP contribution in [0, 0.1) is 13.8 Å². The first-order chi connectivity index (χ1) is 8.27. The fourth-order valence-electron chi connectivity index (χ4n) is 1.86. The predicted octanol–water partition coefficient (Wildman–Crippen LogP) is 1.71. The normalized spacial score (nSPS) is 12.1. The van der Waals surface area contributed by atoms with Gasteiger partial charge in [0.1, 0.15) is 0 Å². The number of rotatable bonds is 5. The smallest absolute Gasteiger partial charge is 0.241 e. The van der Waals surface area contributed by atoms with E-state index in [0.717, 1.165) is 16.7 Å². The molecule has 0 saturated carbocycles. The van der Waals surface area contributed by atoms with Crippen molar-refractivity contribution in [2.75, 3.05) is 7.05 Å². The van der Waals surface area contributed by atoms with Gasteiger partial charge in [0.05, 0.1) is 4.90 Å². The molecule has 0 aliphatic carbocycles. The summed E-state index contributed by atoms with van der Waals surface area (Å²) in [6, 6.07) is 3.65. The summed E-state index contributed by atoms with van der Waals surface area (Å²) in [5, 5.41) is 3.03. The fourth-order valence-corrected chi connectivity index (χ4v) is 3.48. The third kappa shape index (κ3) is 3.54. The molecule has 0 aliphatic heterocycles. The molecule has 5 heteroatoms. The highest BCUT2D eigenvalue weighted by Gasteiger charge is 2.19. The van der Waals surface area contributed by atoms with Gasteiger partial charge in [-0.3, -0.25) is 0 Å². The second-order valence-electron chi connectivity index (χ2n) is 4.84. The molecule has 0 spiro atoms. The van der Waals surface area contributed by atoms with Crippen molar-refractivity contribution >= 4 is 10.0 Å². The highest BCUT2D eigenvalue weighted by Crippen LogP contribution is 2.21. The Hall–Kier alpha value is -0.910. The van der Waals surface area contributed by atoms with Gasteiger partial charge < -0.3 is 5.32 Å². The van der Waals surface area contributed by atoms with Gasteiger partial charge in [0.2, 0.25) is 10.0 Å². The van der Waals surface area contributed by atoms with Crippen molar-refractivity contribution in [1.29, 1.82) is 0 Å². The van der Waals surface area contributed by atoms with Gasteiger partial charge >= 0.3 is 0 Å². The maximum absolute atomic E-state index is 12.2. The fraction of sp³-hybridized carbons (Fsp3) is 0.538. The molecule has 0 unspecified atom stereocenters. The van der Waals surface area contributed by atoms with E-state index in [2.05, 4.69) is 10.0 Å². The molecule has 0 aliphatic rings. The standard InChI is InChI=1S/C13H22N2O2S/c1-9(2)15-18(16,17)13-7-12(8-14-5)6-10(3)11(13)4/h6-7,9,14-15H,8H2,1-5H3. The quantitative estimate of drug-likeness (QED) is 0.856. The Morgan fingerprint density at radius 3 is 2.33 bits per heavy atom. The van der Waals surface area contributed by atoms with Crippen LogP contribution in [0.25, 0.3) is 0 Å². The number of benzene rings is 1. The Labute approximate surface area is 110 Å². The minimum absolute atomic E-state index is 0.109. The van der Waals surface area contributed by atoms with Crippen LogP contribution in [0.5, 0.6) is 0 Å². The van der Waals surface area contributed by atoms with Crippen molar-refractivity contribution in [2.45, 2.75) is 45.2 Å². The first kappa shape index (κ1) is 15.1. The van der Waals surface area contributed by atoms with Crippen molar-refractivity contribution in [3.63, 3.8) is 0 Å². The minimum atomic E-state index is -3.43. The molecule has 0 aromatic heterocycles. The van der Waals surface area contributed by atoms with Crippen LogP contribution in [-0.4, -0.2) is 21.5 Å².